The highest BCUT2D eigenvalue weighted by Gasteiger charge is 2.76. The first-order chi connectivity index (χ1) is 16.9. The number of phenols is 1. The number of rotatable bonds is 2. The highest BCUT2D eigenvalue weighted by Crippen LogP contribution is 2.66. The maximum atomic E-state index is 13.6. The van der Waals surface area contributed by atoms with Gasteiger partial charge >= 0.3 is 6.09 Å². The molecule has 0 spiro atoms. The number of allylic oxidation sites excluding steroid dienone is 2. The lowest BCUT2D eigenvalue weighted by Gasteiger charge is -2.50. The summed E-state index contributed by atoms with van der Waals surface area (Å²) in [6.45, 7) is 1.68. The van der Waals surface area contributed by atoms with Gasteiger partial charge in [-0.1, -0.05) is 45.8 Å². The van der Waals surface area contributed by atoms with Crippen LogP contribution in [0.1, 0.15) is 29.9 Å². The molecule has 1 aromatic rings. The molecule has 1 aromatic carbocycles. The van der Waals surface area contributed by atoms with E-state index in [-0.39, 0.29) is 29.6 Å². The van der Waals surface area contributed by atoms with E-state index >= 15 is 0 Å². The summed E-state index contributed by atoms with van der Waals surface area (Å²) in [6, 6.07) is 4.96. The molecule has 3 fully saturated rings. The van der Waals surface area contributed by atoms with Gasteiger partial charge in [-0.2, -0.15) is 4.90 Å². The highest BCUT2D eigenvalue weighted by molar-refractivity contribution is 9.09. The number of ether oxygens (including phenoxy) is 1. The lowest BCUT2D eigenvalue weighted by atomic mass is 9.56. The minimum atomic E-state index is -2.01. The van der Waals surface area contributed by atoms with Gasteiger partial charge in [-0.25, -0.2) is 4.79 Å². The number of fused-ring (bicyclic) bond motifs is 4. The summed E-state index contributed by atoms with van der Waals surface area (Å²) in [5.74, 6) is -6.76. The quantitative estimate of drug-likeness (QED) is 0.240. The van der Waals surface area contributed by atoms with E-state index in [0.29, 0.717) is 16.0 Å². The third-order valence-electron chi connectivity index (χ3n) is 7.95. The molecule has 1 saturated carbocycles. The number of carbonyl (C=O) groups is 5. The van der Waals surface area contributed by atoms with Crippen molar-refractivity contribution in [3.8, 4) is 5.75 Å². The number of amides is 5. The molecule has 190 valence electrons. The maximum Gasteiger partial charge on any atom is 0.423 e. The number of methoxy groups -OCH3 is 1. The topological polar surface area (TPSA) is 121 Å². The number of carbonyl (C=O) groups excluding carboxylic acids is 5. The van der Waals surface area contributed by atoms with Crippen molar-refractivity contribution in [3.63, 3.8) is 0 Å². The number of hydrogen-bond acceptors (Lipinski definition) is 7. The van der Waals surface area contributed by atoms with Gasteiger partial charge in [0.15, 0.2) is 9.75 Å². The van der Waals surface area contributed by atoms with E-state index in [1.54, 1.807) is 31.2 Å². The molecule has 0 bridgehead atoms. The molecule has 9 nitrogen and oxygen atoms in total. The molecule has 2 aliphatic carbocycles. The second kappa shape index (κ2) is 8.29. The zero-order valence-corrected chi connectivity index (χ0v) is 22.3. The van der Waals surface area contributed by atoms with E-state index in [4.69, 9.17) is 23.2 Å². The van der Waals surface area contributed by atoms with Crippen LogP contribution in [0.2, 0.25) is 0 Å². The zero-order chi connectivity index (χ0) is 26.3. The fraction of sp³-hybridized carbons (Fsp3) is 0.458. The number of likely N-dealkylation sites (tertiary alicyclic amines) is 2. The molecule has 5 amide bonds. The molecule has 12 heteroatoms. The van der Waals surface area contributed by atoms with Gasteiger partial charge in [-0.15, -0.1) is 23.2 Å². The number of para-hydroxylation sites is 1. The predicted molar refractivity (Wildman–Crippen MR) is 130 cm³/mol. The van der Waals surface area contributed by atoms with E-state index in [1.165, 1.54) is 0 Å². The minimum Gasteiger partial charge on any atom is -0.507 e. The molecular weight excluding hydrogens is 579 g/mol. The summed E-state index contributed by atoms with van der Waals surface area (Å²) >= 11 is 17.3. The number of phenolic OH excluding ortho intramolecular Hbond substituents is 1. The van der Waals surface area contributed by atoms with Crippen LogP contribution in [0.3, 0.4) is 0 Å². The van der Waals surface area contributed by atoms with Crippen molar-refractivity contribution in [2.45, 2.75) is 35.4 Å². The van der Waals surface area contributed by atoms with E-state index in [2.05, 4.69) is 20.7 Å². The molecule has 0 aromatic heterocycles. The van der Waals surface area contributed by atoms with Crippen molar-refractivity contribution in [2.24, 2.45) is 17.8 Å². The van der Waals surface area contributed by atoms with Crippen LogP contribution in [-0.2, 0) is 23.9 Å². The Morgan fingerprint density at radius 2 is 1.86 bits per heavy atom. The zero-order valence-electron chi connectivity index (χ0n) is 19.2. The first-order valence-electron chi connectivity index (χ1n) is 11.2. The molecular formula is C24H21BrCl2N2O7. The number of hydrogen-bond donors (Lipinski definition) is 1. The molecule has 0 unspecified atom stereocenters. The smallest absolute Gasteiger partial charge is 0.423 e. The SMILES string of the molecule is COC(=O)N1C(=O)[C@H]2[C@H](CC=C3[C@H]2C[C@@]2(Cl)C(=O)N(CBr)C(=O)[C@@]2(Cl)[C@H]3c2cccc(C)c2O)C1=O. The Balaban J connectivity index is 1.74. The Bertz CT molecular complexity index is 1280. The lowest BCUT2D eigenvalue weighted by Crippen LogP contribution is -2.60. The third-order valence-corrected chi connectivity index (χ3v) is 9.87. The minimum absolute atomic E-state index is 0.101. The summed E-state index contributed by atoms with van der Waals surface area (Å²) in [6.07, 6.45) is 0.523. The Morgan fingerprint density at radius 1 is 1.17 bits per heavy atom. The molecule has 2 saturated heterocycles. The first kappa shape index (κ1) is 25.2. The lowest BCUT2D eigenvalue weighted by molar-refractivity contribution is -0.140. The maximum absolute atomic E-state index is 13.6. The number of aryl methyl sites for hydroxylation is 1. The third kappa shape index (κ3) is 2.92. The van der Waals surface area contributed by atoms with Gasteiger partial charge in [0.2, 0.25) is 11.8 Å². The van der Waals surface area contributed by atoms with E-state index in [0.717, 1.165) is 12.0 Å². The average molecular weight is 600 g/mol. The Kier molecular flexibility index (Phi) is 5.81. The summed E-state index contributed by atoms with van der Waals surface area (Å²) < 4.78 is 4.64. The standard InChI is InChI=1S/C24H21BrCl2N2O7/c1-10-4-3-5-13(17(10)30)16-11-6-7-12-15(19(32)29(18(12)31)22(35)36-2)14(11)8-23(26)20(33)28(9-25)21(34)24(16,23)27/h3-6,12,14-16,30H,7-9H2,1-2H3/t12-,14+,15-,16+,23+,24-/m0/s1. The second-order valence-corrected chi connectivity index (χ2v) is 11.2. The summed E-state index contributed by atoms with van der Waals surface area (Å²) in [7, 11) is 1.07. The monoisotopic (exact) mass is 598 g/mol. The summed E-state index contributed by atoms with van der Waals surface area (Å²) in [5.41, 5.74) is 1.17. The Morgan fingerprint density at radius 3 is 2.50 bits per heavy atom. The van der Waals surface area contributed by atoms with Crippen molar-refractivity contribution in [1.82, 2.24) is 9.80 Å². The molecule has 2 aliphatic heterocycles. The van der Waals surface area contributed by atoms with Gasteiger partial charge in [0.1, 0.15) is 5.75 Å². The van der Waals surface area contributed by atoms with Crippen LogP contribution in [0, 0.1) is 24.7 Å². The van der Waals surface area contributed by atoms with E-state index in [9.17, 15) is 29.1 Å². The Labute approximate surface area is 224 Å². The van der Waals surface area contributed by atoms with Gasteiger partial charge in [-0.3, -0.25) is 24.1 Å². The van der Waals surface area contributed by atoms with Crippen molar-refractivity contribution in [2.75, 3.05) is 12.6 Å². The number of alkyl halides is 3. The van der Waals surface area contributed by atoms with Gasteiger partial charge in [0.25, 0.3) is 11.8 Å². The number of imide groups is 4. The van der Waals surface area contributed by atoms with Crippen LogP contribution in [0.25, 0.3) is 0 Å². The summed E-state index contributed by atoms with van der Waals surface area (Å²) in [4.78, 5) is 63.2. The van der Waals surface area contributed by atoms with Crippen LogP contribution in [0.15, 0.2) is 29.8 Å². The molecule has 5 rings (SSSR count). The summed E-state index contributed by atoms with van der Waals surface area (Å²) in [5, 5.41) is 11.0. The van der Waals surface area contributed by atoms with Crippen LogP contribution < -0.4 is 0 Å². The van der Waals surface area contributed by atoms with Crippen molar-refractivity contribution < 1.29 is 33.8 Å². The molecule has 4 aliphatic rings. The molecule has 36 heavy (non-hydrogen) atoms. The second-order valence-electron chi connectivity index (χ2n) is 9.48. The Hall–Kier alpha value is -2.43. The molecule has 6 atom stereocenters. The van der Waals surface area contributed by atoms with Crippen LogP contribution in [0.4, 0.5) is 4.79 Å². The van der Waals surface area contributed by atoms with Gasteiger partial charge in [0.05, 0.1) is 24.4 Å². The van der Waals surface area contributed by atoms with E-state index in [1.807, 2.05) is 0 Å². The average Bonchev–Trinajstić information content (AvgIpc) is 3.19. The van der Waals surface area contributed by atoms with Crippen molar-refractivity contribution >= 4 is 68.9 Å². The predicted octanol–water partition coefficient (Wildman–Crippen LogP) is 3.18. The fourth-order valence-electron chi connectivity index (χ4n) is 6.28. The number of benzene rings is 1. The fourth-order valence-corrected chi connectivity index (χ4v) is 7.70. The van der Waals surface area contributed by atoms with Gasteiger partial charge in [-0.05, 0) is 31.2 Å². The van der Waals surface area contributed by atoms with Crippen LogP contribution in [0.5, 0.6) is 5.75 Å². The molecule has 1 N–H and O–H groups in total. The van der Waals surface area contributed by atoms with Gasteiger partial charge < -0.3 is 9.84 Å². The van der Waals surface area contributed by atoms with Crippen LogP contribution in [-0.4, -0.2) is 66.9 Å². The first-order valence-corrected chi connectivity index (χ1v) is 13.1. The number of nitrogens with zero attached hydrogens (tertiary/aromatic N) is 2. The van der Waals surface area contributed by atoms with Crippen molar-refractivity contribution in [1.29, 1.82) is 0 Å². The van der Waals surface area contributed by atoms with Crippen molar-refractivity contribution in [3.05, 3.63) is 41.0 Å². The van der Waals surface area contributed by atoms with Gasteiger partial charge in [0, 0.05) is 11.5 Å². The van der Waals surface area contributed by atoms with E-state index < -0.39 is 63.1 Å². The number of halogens is 3. The highest BCUT2D eigenvalue weighted by atomic mass is 79.9. The molecule has 2 heterocycles. The normalized spacial score (nSPS) is 35.4. The molecule has 0 radical (unpaired) electrons. The van der Waals surface area contributed by atoms with Crippen LogP contribution >= 0.6 is 39.1 Å². The number of aromatic hydroxyl groups is 1. The largest absolute Gasteiger partial charge is 0.507 e.